The van der Waals surface area contributed by atoms with Crippen LogP contribution in [0.1, 0.15) is 12.0 Å². The molecule has 3 rings (SSSR count). The van der Waals surface area contributed by atoms with E-state index in [1.54, 1.807) is 19.2 Å². The van der Waals surface area contributed by atoms with Crippen LogP contribution in [-0.4, -0.2) is 24.7 Å². The molecule has 1 aromatic heterocycles. The van der Waals surface area contributed by atoms with Crippen molar-refractivity contribution < 1.29 is 9.53 Å². The van der Waals surface area contributed by atoms with Gasteiger partial charge < -0.3 is 10.1 Å². The lowest BCUT2D eigenvalue weighted by atomic mass is 10.1. The molecule has 2 N–H and O–H groups in total. The topological polar surface area (TPSA) is 63.2 Å². The summed E-state index contributed by atoms with van der Waals surface area (Å²) in [6.07, 6.45) is 1.80. The summed E-state index contributed by atoms with van der Waals surface area (Å²) in [5.41, 5.74) is 1.91. The predicted octanol–water partition coefficient (Wildman–Crippen LogP) is 4.71. The van der Waals surface area contributed by atoms with Crippen LogP contribution < -0.4 is 15.4 Å². The van der Waals surface area contributed by atoms with Gasteiger partial charge in [0.05, 0.1) is 16.8 Å². The van der Waals surface area contributed by atoms with E-state index >= 15 is 0 Å². The van der Waals surface area contributed by atoms with Crippen LogP contribution in [-0.2, 0) is 6.42 Å². The van der Waals surface area contributed by atoms with Crippen LogP contribution in [0.2, 0.25) is 5.02 Å². The maximum atomic E-state index is 12.0. The van der Waals surface area contributed by atoms with Crippen molar-refractivity contribution in [1.82, 2.24) is 10.3 Å². The third-order valence-electron chi connectivity index (χ3n) is 3.67. The number of ether oxygens (including phenoxy) is 1. The largest absolute Gasteiger partial charge is 0.494 e. The maximum absolute atomic E-state index is 12.0. The molecule has 0 unspecified atom stereocenters. The smallest absolute Gasteiger partial charge is 0.321 e. The number of nitrogens with zero attached hydrogens (tertiary/aromatic N) is 1. The zero-order chi connectivity index (χ0) is 17.6. The Bertz CT molecular complexity index is 867. The molecule has 0 saturated carbocycles. The summed E-state index contributed by atoms with van der Waals surface area (Å²) in [4.78, 5) is 16.4. The van der Waals surface area contributed by atoms with E-state index in [0.29, 0.717) is 28.0 Å². The normalized spacial score (nSPS) is 10.6. The summed E-state index contributed by atoms with van der Waals surface area (Å²) >= 11 is 7.51. The van der Waals surface area contributed by atoms with E-state index in [0.717, 1.165) is 17.5 Å². The van der Waals surface area contributed by atoms with Crippen molar-refractivity contribution in [3.63, 3.8) is 0 Å². The highest BCUT2D eigenvalue weighted by Crippen LogP contribution is 2.37. The van der Waals surface area contributed by atoms with Crippen LogP contribution >= 0.6 is 22.9 Å². The van der Waals surface area contributed by atoms with E-state index in [1.165, 1.54) is 16.9 Å². The van der Waals surface area contributed by atoms with Crippen molar-refractivity contribution in [1.29, 1.82) is 0 Å². The summed E-state index contributed by atoms with van der Waals surface area (Å²) in [6.45, 7) is 0.593. The summed E-state index contributed by atoms with van der Waals surface area (Å²) in [7, 11) is 1.58. The minimum Gasteiger partial charge on any atom is -0.494 e. The molecule has 0 saturated heterocycles. The zero-order valence-electron chi connectivity index (χ0n) is 13.7. The highest BCUT2D eigenvalue weighted by molar-refractivity contribution is 7.23. The number of hydrogen-bond acceptors (Lipinski definition) is 4. The summed E-state index contributed by atoms with van der Waals surface area (Å²) in [6, 6.07) is 13.4. The van der Waals surface area contributed by atoms with Crippen molar-refractivity contribution in [2.45, 2.75) is 12.8 Å². The van der Waals surface area contributed by atoms with Gasteiger partial charge in [-0.1, -0.05) is 53.3 Å². The van der Waals surface area contributed by atoms with Gasteiger partial charge in [0.1, 0.15) is 11.3 Å². The van der Waals surface area contributed by atoms with Crippen molar-refractivity contribution in [3.05, 3.63) is 53.1 Å². The lowest BCUT2D eigenvalue weighted by molar-refractivity contribution is 0.252. The molecular formula is C18H18ClN3O2S. The first-order chi connectivity index (χ1) is 12.2. The van der Waals surface area contributed by atoms with Gasteiger partial charge in [0.25, 0.3) is 0 Å². The molecule has 25 heavy (non-hydrogen) atoms. The highest BCUT2D eigenvalue weighted by Gasteiger charge is 2.13. The summed E-state index contributed by atoms with van der Waals surface area (Å²) in [5, 5.41) is 6.67. The van der Waals surface area contributed by atoms with Gasteiger partial charge in [-0.25, -0.2) is 9.78 Å². The molecule has 0 spiro atoms. The molecule has 0 fully saturated rings. The number of nitrogens with one attached hydrogen (secondary N) is 2. The fourth-order valence-corrected chi connectivity index (χ4v) is 3.60. The Labute approximate surface area is 155 Å². The van der Waals surface area contributed by atoms with Gasteiger partial charge in [0.2, 0.25) is 0 Å². The molecule has 0 bridgehead atoms. The maximum Gasteiger partial charge on any atom is 0.321 e. The second-order valence-electron chi connectivity index (χ2n) is 5.42. The first kappa shape index (κ1) is 17.5. The number of carbonyl (C=O) groups is 1. The van der Waals surface area contributed by atoms with Gasteiger partial charge in [-0.05, 0) is 30.5 Å². The van der Waals surface area contributed by atoms with Crippen molar-refractivity contribution in [2.75, 3.05) is 19.0 Å². The second-order valence-corrected chi connectivity index (χ2v) is 6.82. The van der Waals surface area contributed by atoms with Crippen LogP contribution in [0.25, 0.3) is 10.2 Å². The van der Waals surface area contributed by atoms with E-state index in [-0.39, 0.29) is 6.03 Å². The first-order valence-electron chi connectivity index (χ1n) is 7.89. The summed E-state index contributed by atoms with van der Waals surface area (Å²) in [5.74, 6) is 0.631. The number of methoxy groups -OCH3 is 1. The highest BCUT2D eigenvalue weighted by atomic mass is 35.5. The van der Waals surface area contributed by atoms with E-state index in [9.17, 15) is 4.79 Å². The van der Waals surface area contributed by atoms with E-state index < -0.39 is 0 Å². The number of carbonyl (C=O) groups excluding carboxylic acids is 1. The number of urea groups is 1. The van der Waals surface area contributed by atoms with E-state index in [1.807, 2.05) is 18.2 Å². The van der Waals surface area contributed by atoms with Crippen molar-refractivity contribution in [3.8, 4) is 5.75 Å². The molecule has 1 heterocycles. The molecular weight excluding hydrogens is 358 g/mol. The van der Waals surface area contributed by atoms with Gasteiger partial charge in [-0.15, -0.1) is 0 Å². The number of aromatic nitrogens is 1. The third-order valence-corrected chi connectivity index (χ3v) is 5.10. The standard InChI is InChI=1S/C18H18ClN3O2S/c1-24-14-10-9-13(19)16-15(14)21-18(25-16)22-17(23)20-11-5-8-12-6-3-2-4-7-12/h2-4,6-7,9-10H,5,8,11H2,1H3,(H2,20,21,22,23). The zero-order valence-corrected chi connectivity index (χ0v) is 15.3. The molecule has 0 atom stereocenters. The quantitative estimate of drug-likeness (QED) is 0.613. The lowest BCUT2D eigenvalue weighted by Gasteiger charge is -2.05. The van der Waals surface area contributed by atoms with Crippen LogP contribution in [0.3, 0.4) is 0 Å². The number of aryl methyl sites for hydroxylation is 1. The van der Waals surface area contributed by atoms with Gasteiger partial charge in [-0.3, -0.25) is 5.32 Å². The minimum absolute atomic E-state index is 0.276. The average Bonchev–Trinajstić information content (AvgIpc) is 3.04. The molecule has 130 valence electrons. The first-order valence-corrected chi connectivity index (χ1v) is 9.08. The Kier molecular flexibility index (Phi) is 5.73. The van der Waals surface area contributed by atoms with Gasteiger partial charge in [0.15, 0.2) is 5.13 Å². The molecule has 5 nitrogen and oxygen atoms in total. The van der Waals surface area contributed by atoms with Crippen LogP contribution in [0.4, 0.5) is 9.93 Å². The second kappa shape index (κ2) is 8.18. The Morgan fingerprint density at radius 2 is 2.04 bits per heavy atom. The number of thiazole rings is 1. The molecule has 2 amide bonds. The van der Waals surface area contributed by atoms with Gasteiger partial charge in [0, 0.05) is 6.54 Å². The number of hydrogen-bond donors (Lipinski definition) is 2. The molecule has 0 aliphatic heterocycles. The molecule has 0 aliphatic rings. The SMILES string of the molecule is COc1ccc(Cl)c2sc(NC(=O)NCCCc3ccccc3)nc12. The number of anilines is 1. The number of benzene rings is 2. The number of rotatable bonds is 6. The number of fused-ring (bicyclic) bond motifs is 1. The van der Waals surface area contributed by atoms with Crippen molar-refractivity contribution >= 4 is 44.3 Å². The average molecular weight is 376 g/mol. The van der Waals surface area contributed by atoms with Crippen molar-refractivity contribution in [2.24, 2.45) is 0 Å². The molecule has 3 aromatic rings. The fourth-order valence-electron chi connectivity index (χ4n) is 2.45. The monoisotopic (exact) mass is 375 g/mol. The Hall–Kier alpha value is -2.31. The number of halogens is 1. The van der Waals surface area contributed by atoms with Gasteiger partial charge >= 0.3 is 6.03 Å². The fraction of sp³-hybridized carbons (Fsp3) is 0.222. The minimum atomic E-state index is -0.276. The Balaban J connectivity index is 1.54. The molecule has 7 heteroatoms. The van der Waals surface area contributed by atoms with Crippen LogP contribution in [0, 0.1) is 0 Å². The van der Waals surface area contributed by atoms with E-state index in [4.69, 9.17) is 16.3 Å². The van der Waals surface area contributed by atoms with Gasteiger partial charge in [-0.2, -0.15) is 0 Å². The van der Waals surface area contributed by atoms with Crippen LogP contribution in [0.15, 0.2) is 42.5 Å². The van der Waals surface area contributed by atoms with Crippen LogP contribution in [0.5, 0.6) is 5.75 Å². The number of amides is 2. The Morgan fingerprint density at radius 1 is 1.24 bits per heavy atom. The molecule has 0 aliphatic carbocycles. The predicted molar refractivity (Wildman–Crippen MR) is 103 cm³/mol. The lowest BCUT2D eigenvalue weighted by Crippen LogP contribution is -2.29. The third kappa shape index (κ3) is 4.41. The molecule has 0 radical (unpaired) electrons. The Morgan fingerprint density at radius 3 is 2.80 bits per heavy atom. The molecule has 2 aromatic carbocycles. The summed E-state index contributed by atoms with van der Waals surface area (Å²) < 4.78 is 6.07. The van der Waals surface area contributed by atoms with E-state index in [2.05, 4.69) is 27.8 Å².